The Morgan fingerprint density at radius 1 is 1.06 bits per heavy atom. The van der Waals surface area contributed by atoms with E-state index in [4.69, 9.17) is 4.98 Å². The van der Waals surface area contributed by atoms with Gasteiger partial charge in [0.05, 0.1) is 34.6 Å². The molecule has 0 atom stereocenters. The quantitative estimate of drug-likeness (QED) is 0.456. The molecule has 0 aliphatic carbocycles. The van der Waals surface area contributed by atoms with E-state index in [1.807, 2.05) is 30.5 Å². The van der Waals surface area contributed by atoms with Crippen LogP contribution in [0.1, 0.15) is 38.5 Å². The number of piperidine rings is 2. The topological polar surface area (TPSA) is 109 Å². The van der Waals surface area contributed by atoms with Crippen molar-refractivity contribution >= 4 is 33.9 Å². The average Bonchev–Trinajstić information content (AvgIpc) is 3.33. The Hall–Kier alpha value is -3.17. The molecule has 1 spiro atoms. The van der Waals surface area contributed by atoms with E-state index >= 15 is 0 Å². The van der Waals surface area contributed by atoms with E-state index in [9.17, 15) is 9.90 Å². The molecule has 0 aromatic carbocycles. The number of hydrogen-bond acceptors (Lipinski definition) is 8. The van der Waals surface area contributed by atoms with Crippen molar-refractivity contribution in [2.45, 2.75) is 50.2 Å². The number of hydrogen-bond donors (Lipinski definition) is 4. The third-order valence-corrected chi connectivity index (χ3v) is 7.93. The molecule has 4 N–H and O–H groups in total. The Morgan fingerprint density at radius 3 is 2.60 bits per heavy atom. The summed E-state index contributed by atoms with van der Waals surface area (Å²) in [7, 11) is 0. The molecular formula is C26H33N7O2. The molecule has 0 bridgehead atoms. The molecule has 184 valence electrons. The normalized spacial score (nSPS) is 20.6. The van der Waals surface area contributed by atoms with E-state index in [-0.39, 0.29) is 11.7 Å². The van der Waals surface area contributed by atoms with Crippen LogP contribution in [0, 0.1) is 0 Å². The highest BCUT2D eigenvalue weighted by molar-refractivity contribution is 5.93. The van der Waals surface area contributed by atoms with Crippen LogP contribution in [0.4, 0.5) is 23.0 Å². The van der Waals surface area contributed by atoms with Crippen LogP contribution in [0.5, 0.6) is 0 Å². The molecule has 9 nitrogen and oxygen atoms in total. The van der Waals surface area contributed by atoms with Crippen molar-refractivity contribution in [1.29, 1.82) is 0 Å². The summed E-state index contributed by atoms with van der Waals surface area (Å²) in [5.74, 6) is 1.57. The summed E-state index contributed by atoms with van der Waals surface area (Å²) in [5, 5.41) is 17.4. The highest BCUT2D eigenvalue weighted by Gasteiger charge is 2.37. The SMILES string of the molecule is O=c1[nH]ccc2nc(N3CCC4(CCCN4)CC3)cc(Nc3ccc(N4CCC(O)CC4)cn3)c12. The number of aromatic amines is 1. The minimum Gasteiger partial charge on any atom is -0.393 e. The molecule has 0 unspecified atom stereocenters. The first-order valence-electron chi connectivity index (χ1n) is 12.8. The molecular weight excluding hydrogens is 442 g/mol. The summed E-state index contributed by atoms with van der Waals surface area (Å²) in [6, 6.07) is 7.83. The maximum atomic E-state index is 12.7. The first kappa shape index (κ1) is 22.3. The van der Waals surface area contributed by atoms with Crippen LogP contribution < -0.4 is 26.0 Å². The minimum absolute atomic E-state index is 0.166. The third kappa shape index (κ3) is 4.46. The number of H-pyrrole nitrogens is 1. The van der Waals surface area contributed by atoms with Crippen molar-refractivity contribution in [3.8, 4) is 0 Å². The predicted octanol–water partition coefficient (Wildman–Crippen LogP) is 2.75. The molecule has 6 rings (SSSR count). The summed E-state index contributed by atoms with van der Waals surface area (Å²) in [6.45, 7) is 4.68. The van der Waals surface area contributed by atoms with Gasteiger partial charge in [-0.05, 0) is 63.3 Å². The van der Waals surface area contributed by atoms with E-state index in [1.165, 1.54) is 12.8 Å². The zero-order valence-corrected chi connectivity index (χ0v) is 20.0. The first-order chi connectivity index (χ1) is 17.1. The van der Waals surface area contributed by atoms with Crippen molar-refractivity contribution < 1.29 is 5.11 Å². The number of rotatable bonds is 4. The lowest BCUT2D eigenvalue weighted by Gasteiger charge is -2.40. The molecule has 3 aliphatic heterocycles. The van der Waals surface area contributed by atoms with Gasteiger partial charge in [-0.15, -0.1) is 0 Å². The van der Waals surface area contributed by atoms with E-state index in [2.05, 4.69) is 30.4 Å². The molecule has 9 heteroatoms. The second kappa shape index (κ2) is 9.13. The van der Waals surface area contributed by atoms with Gasteiger partial charge in [0.2, 0.25) is 0 Å². The maximum Gasteiger partial charge on any atom is 0.259 e. The lowest BCUT2D eigenvalue weighted by Crippen LogP contribution is -2.50. The minimum atomic E-state index is -0.202. The maximum absolute atomic E-state index is 12.7. The Morgan fingerprint density at radius 2 is 1.89 bits per heavy atom. The lowest BCUT2D eigenvalue weighted by molar-refractivity contribution is 0.145. The first-order valence-corrected chi connectivity index (χ1v) is 12.8. The van der Waals surface area contributed by atoms with Gasteiger partial charge in [0.1, 0.15) is 11.6 Å². The molecule has 0 saturated carbocycles. The average molecular weight is 476 g/mol. The van der Waals surface area contributed by atoms with Crippen LogP contribution in [-0.2, 0) is 0 Å². The largest absolute Gasteiger partial charge is 0.393 e. The molecule has 35 heavy (non-hydrogen) atoms. The highest BCUT2D eigenvalue weighted by atomic mass is 16.3. The monoisotopic (exact) mass is 475 g/mol. The van der Waals surface area contributed by atoms with Crippen molar-refractivity contribution in [2.24, 2.45) is 0 Å². The molecule has 3 aromatic rings. The fourth-order valence-electron chi connectivity index (χ4n) is 5.81. The van der Waals surface area contributed by atoms with Crippen LogP contribution in [-0.4, -0.2) is 64.4 Å². The number of nitrogens with one attached hydrogen (secondary N) is 3. The Bertz CT molecular complexity index is 1230. The molecule has 3 saturated heterocycles. The zero-order chi connectivity index (χ0) is 23.8. The number of nitrogens with zero attached hydrogens (tertiary/aromatic N) is 4. The molecule has 0 radical (unpaired) electrons. The smallest absolute Gasteiger partial charge is 0.259 e. The number of anilines is 4. The summed E-state index contributed by atoms with van der Waals surface area (Å²) >= 11 is 0. The van der Waals surface area contributed by atoms with Gasteiger partial charge in [0, 0.05) is 44.0 Å². The lowest BCUT2D eigenvalue weighted by atomic mass is 9.86. The number of aliphatic hydroxyl groups is 1. The molecule has 3 aliphatic rings. The highest BCUT2D eigenvalue weighted by Crippen LogP contribution is 2.34. The van der Waals surface area contributed by atoms with Gasteiger partial charge in [0.15, 0.2) is 0 Å². The number of aliphatic hydroxyl groups excluding tert-OH is 1. The van der Waals surface area contributed by atoms with E-state index in [0.717, 1.165) is 69.9 Å². The Kier molecular flexibility index (Phi) is 5.82. The summed E-state index contributed by atoms with van der Waals surface area (Å²) < 4.78 is 0. The standard InChI is InChI=1S/C26H33N7O2/c34-19-5-12-32(13-6-19)18-2-3-22(28-17-18)30-21-16-23(31-20-4-11-27-25(35)24(20)21)33-14-8-26(9-15-33)7-1-10-29-26/h2-4,11,16-17,19,29,34H,1,5-10,12-15H2,(H,27,35)(H,28,30,31). The zero-order valence-electron chi connectivity index (χ0n) is 20.0. The van der Waals surface area contributed by atoms with Crippen LogP contribution >= 0.6 is 0 Å². The Labute approximate surface area is 204 Å². The van der Waals surface area contributed by atoms with Crippen molar-refractivity contribution in [2.75, 3.05) is 47.8 Å². The van der Waals surface area contributed by atoms with E-state index in [1.54, 1.807) is 6.20 Å². The fourth-order valence-corrected chi connectivity index (χ4v) is 5.81. The van der Waals surface area contributed by atoms with Gasteiger partial charge in [-0.25, -0.2) is 9.97 Å². The molecule has 6 heterocycles. The summed E-state index contributed by atoms with van der Waals surface area (Å²) in [6.07, 6.45) is 9.61. The number of fused-ring (bicyclic) bond motifs is 1. The molecule has 3 aromatic heterocycles. The second-order valence-corrected chi connectivity index (χ2v) is 10.1. The number of aromatic nitrogens is 3. The summed E-state index contributed by atoms with van der Waals surface area (Å²) in [4.78, 5) is 29.6. The predicted molar refractivity (Wildman–Crippen MR) is 139 cm³/mol. The van der Waals surface area contributed by atoms with Crippen molar-refractivity contribution in [3.05, 3.63) is 47.0 Å². The summed E-state index contributed by atoms with van der Waals surface area (Å²) in [5.41, 5.74) is 2.57. The second-order valence-electron chi connectivity index (χ2n) is 10.1. The van der Waals surface area contributed by atoms with Crippen LogP contribution in [0.3, 0.4) is 0 Å². The van der Waals surface area contributed by atoms with Crippen LogP contribution in [0.2, 0.25) is 0 Å². The van der Waals surface area contributed by atoms with Gasteiger partial charge < -0.3 is 30.5 Å². The van der Waals surface area contributed by atoms with E-state index in [0.29, 0.717) is 27.9 Å². The van der Waals surface area contributed by atoms with Crippen LogP contribution in [0.15, 0.2) is 41.5 Å². The van der Waals surface area contributed by atoms with E-state index < -0.39 is 0 Å². The van der Waals surface area contributed by atoms with Gasteiger partial charge in [-0.2, -0.15) is 0 Å². The van der Waals surface area contributed by atoms with Gasteiger partial charge >= 0.3 is 0 Å². The van der Waals surface area contributed by atoms with Crippen molar-refractivity contribution in [1.82, 2.24) is 20.3 Å². The van der Waals surface area contributed by atoms with Crippen LogP contribution in [0.25, 0.3) is 10.9 Å². The van der Waals surface area contributed by atoms with Gasteiger partial charge in [-0.1, -0.05) is 0 Å². The Balaban J connectivity index is 1.26. The molecule has 3 fully saturated rings. The third-order valence-electron chi connectivity index (χ3n) is 7.93. The van der Waals surface area contributed by atoms with Gasteiger partial charge in [-0.3, -0.25) is 4.79 Å². The molecule has 0 amide bonds. The number of pyridine rings is 3. The van der Waals surface area contributed by atoms with Crippen molar-refractivity contribution in [3.63, 3.8) is 0 Å². The van der Waals surface area contributed by atoms with Gasteiger partial charge in [0.25, 0.3) is 5.56 Å². The fraction of sp³-hybridized carbons (Fsp3) is 0.500.